The number of amidine groups is 1. The fraction of sp³-hybridized carbons (Fsp3) is 0.380. The molecule has 9 rings (SSSR count). The maximum Gasteiger partial charge on any atom is 0.231 e. The van der Waals surface area contributed by atoms with Crippen LogP contribution in [-0.2, 0) is 0 Å². The number of Topliss-reactive ketones (excluding diaryl/α,β-unsaturated/α-hetero) is 1. The first-order chi connectivity index (χ1) is 33.8. The summed E-state index contributed by atoms with van der Waals surface area (Å²) in [7, 11) is 8.64. The number of nitrogens with zero attached hydrogens (tertiary/aromatic N) is 6. The number of aliphatic imine (C=N–C) groups is 1. The van der Waals surface area contributed by atoms with Gasteiger partial charge in [-0.3, -0.25) is 9.59 Å². The monoisotopic (exact) mass is 1110 g/mol. The normalized spacial score (nSPS) is 15.3. The van der Waals surface area contributed by atoms with Gasteiger partial charge in [0.1, 0.15) is 10.7 Å². The number of thioether (sulfide) groups is 1. The number of hydrogen-bond donors (Lipinski definition) is 4. The number of nitrogen functional groups attached to an aromatic ring is 1. The lowest BCUT2D eigenvalue weighted by atomic mass is 10.0. The number of carbonyl (C=O) groups excluding carboxylic acids is 2. The molecule has 1 unspecified atom stereocenters. The number of fused-ring (bicyclic) bond motifs is 2. The van der Waals surface area contributed by atoms with Crippen molar-refractivity contribution in [2.75, 3.05) is 105 Å². The van der Waals surface area contributed by atoms with Crippen molar-refractivity contribution in [3.05, 3.63) is 101 Å². The predicted octanol–water partition coefficient (Wildman–Crippen LogP) is 8.99. The maximum absolute atomic E-state index is 13.0. The average Bonchev–Trinajstić information content (AvgIpc) is 4.14. The summed E-state index contributed by atoms with van der Waals surface area (Å²) in [5, 5.41) is 8.18. The molecule has 6 N–H and O–H groups in total. The van der Waals surface area contributed by atoms with E-state index in [2.05, 4.69) is 109 Å². The molecule has 4 aliphatic heterocycles. The van der Waals surface area contributed by atoms with Gasteiger partial charge in [0.15, 0.2) is 44.2 Å². The highest BCUT2D eigenvalue weighted by Crippen LogP contribution is 2.36. The number of thiazole rings is 1. The molecule has 0 aliphatic carbocycles. The summed E-state index contributed by atoms with van der Waals surface area (Å²) in [6, 6.07) is 28.3. The van der Waals surface area contributed by atoms with Crippen LogP contribution in [0, 0.1) is 0 Å². The predicted molar refractivity (Wildman–Crippen MR) is 304 cm³/mol. The van der Waals surface area contributed by atoms with Gasteiger partial charge in [-0.05, 0) is 157 Å². The van der Waals surface area contributed by atoms with Crippen molar-refractivity contribution in [3.63, 3.8) is 0 Å². The zero-order valence-corrected chi connectivity index (χ0v) is 46.3. The standard InChI is InChI=1S/C24H27N5O3S.C17H27N5S2.C9H7BrO3.H3P/c1-28(2)17-9-11-29(12-10-17)18-6-4-16(5-7-18)26-24-27-23(25)22(33-24)21(30)15-3-8-19-20(13-15)32-14-31-19;1-4-24-16(18)20-17(23)19-13-5-7-15(8-6-13)22-11-9-14(10-12-22)21(2)3;10-4-7(11)6-1-2-8-9(3-6)13-5-12-8;/h3-8,13,17H,9-12,14,25H2,1-2H3,(H,26,27);5-8,14H,4,9-12H2,1-3H3,(H3,18,19,20,23);1-3H,4-5H2;1H3. The molecule has 4 aromatic carbocycles. The number of benzene rings is 4. The second-order valence-electron chi connectivity index (χ2n) is 17.2. The SMILES string of the molecule is CCSC(N)=NC(=S)Nc1ccc(N2CCC(N(C)C)CC2)cc1.CN(C)C1CCN(c2ccc(Nc3nc(N)c(C(=O)c4ccc5c(c4)OCO5)s3)cc2)CC1.O=C(CBr)c1ccc2c(c1)OCO2.P. The highest BCUT2D eigenvalue weighted by atomic mass is 79.9. The minimum Gasteiger partial charge on any atom is -0.454 e. The average molecular weight is 1110 g/mol. The second kappa shape index (κ2) is 26.5. The molecular formula is C50H64BrN10O6PS3. The van der Waals surface area contributed by atoms with Crippen molar-refractivity contribution < 1.29 is 28.5 Å². The Morgan fingerprint density at radius 1 is 0.775 bits per heavy atom. The van der Waals surface area contributed by atoms with Crippen molar-refractivity contribution in [3.8, 4) is 23.0 Å². The molecule has 1 aromatic heterocycles. The van der Waals surface area contributed by atoms with Crippen LogP contribution in [0.5, 0.6) is 23.0 Å². The lowest BCUT2D eigenvalue weighted by molar-refractivity contribution is 0.102. The van der Waals surface area contributed by atoms with E-state index in [1.807, 2.05) is 31.2 Å². The van der Waals surface area contributed by atoms with Gasteiger partial charge >= 0.3 is 0 Å². The molecule has 4 aliphatic rings. The zero-order chi connectivity index (χ0) is 49.7. The van der Waals surface area contributed by atoms with Crippen molar-refractivity contribution >= 4 is 117 Å². The van der Waals surface area contributed by atoms with E-state index in [1.54, 1.807) is 36.4 Å². The Morgan fingerprint density at radius 2 is 1.25 bits per heavy atom. The Hall–Kier alpha value is -5.21. The van der Waals surface area contributed by atoms with Crippen LogP contribution in [-0.4, -0.2) is 128 Å². The number of carbonyl (C=O) groups is 2. The van der Waals surface area contributed by atoms with Crippen LogP contribution in [0.2, 0.25) is 0 Å². The van der Waals surface area contributed by atoms with E-state index in [1.165, 1.54) is 60.2 Å². The highest BCUT2D eigenvalue weighted by Gasteiger charge is 2.24. The molecule has 5 heterocycles. The lowest BCUT2D eigenvalue weighted by Gasteiger charge is -2.36. The van der Waals surface area contributed by atoms with Gasteiger partial charge in [0.25, 0.3) is 0 Å². The fourth-order valence-electron chi connectivity index (χ4n) is 8.21. The summed E-state index contributed by atoms with van der Waals surface area (Å²) in [5.74, 6) is 3.50. The van der Waals surface area contributed by atoms with E-state index in [-0.39, 0.29) is 40.9 Å². The molecule has 0 bridgehead atoms. The van der Waals surface area contributed by atoms with Crippen LogP contribution in [0.1, 0.15) is 58.2 Å². The number of nitrogens with one attached hydrogen (secondary N) is 2. The van der Waals surface area contributed by atoms with E-state index in [9.17, 15) is 9.59 Å². The van der Waals surface area contributed by atoms with Gasteiger partial charge in [-0.15, -0.1) is 0 Å². The zero-order valence-electron chi connectivity index (χ0n) is 40.8. The molecule has 21 heteroatoms. The quantitative estimate of drug-likeness (QED) is 0.0231. The van der Waals surface area contributed by atoms with Gasteiger partial charge in [-0.2, -0.15) is 14.9 Å². The largest absolute Gasteiger partial charge is 0.454 e. The summed E-state index contributed by atoms with van der Waals surface area (Å²) in [5.41, 5.74) is 17.3. The van der Waals surface area contributed by atoms with Crippen molar-refractivity contribution in [1.82, 2.24) is 14.8 Å². The molecule has 380 valence electrons. The summed E-state index contributed by atoms with van der Waals surface area (Å²) in [4.78, 5) is 42.7. The Morgan fingerprint density at radius 3 is 1.75 bits per heavy atom. The highest BCUT2D eigenvalue weighted by molar-refractivity contribution is 9.09. The van der Waals surface area contributed by atoms with Gasteiger partial charge in [-0.25, -0.2) is 4.98 Å². The number of ether oxygens (including phenoxy) is 4. The number of alkyl halides is 1. The summed E-state index contributed by atoms with van der Waals surface area (Å²) >= 11 is 11.1. The summed E-state index contributed by atoms with van der Waals surface area (Å²) in [6.07, 6.45) is 4.76. The van der Waals surface area contributed by atoms with Crippen LogP contribution < -0.4 is 50.8 Å². The minimum atomic E-state index is -0.187. The molecule has 16 nitrogen and oxygen atoms in total. The smallest absolute Gasteiger partial charge is 0.231 e. The number of thiocarbonyl (C=S) groups is 1. The Labute approximate surface area is 441 Å². The van der Waals surface area contributed by atoms with E-state index in [0.717, 1.165) is 43.3 Å². The van der Waals surface area contributed by atoms with Gasteiger partial charge in [0, 0.05) is 72.1 Å². The van der Waals surface area contributed by atoms with E-state index in [4.69, 9.17) is 42.6 Å². The number of piperidine rings is 2. The van der Waals surface area contributed by atoms with Crippen LogP contribution in [0.3, 0.4) is 0 Å². The van der Waals surface area contributed by atoms with Crippen LogP contribution >= 0.6 is 61.1 Å². The first kappa shape index (κ1) is 55.1. The van der Waals surface area contributed by atoms with Crippen LogP contribution in [0.25, 0.3) is 0 Å². The summed E-state index contributed by atoms with van der Waals surface area (Å²) < 4.78 is 20.9. The molecule has 0 amide bonds. The van der Waals surface area contributed by atoms with Crippen molar-refractivity contribution in [2.24, 2.45) is 10.7 Å². The number of anilines is 6. The Kier molecular flexibility index (Phi) is 20.6. The first-order valence-corrected chi connectivity index (χ1v) is 26.4. The Balaban J connectivity index is 0.000000190. The van der Waals surface area contributed by atoms with Gasteiger partial charge in [-0.1, -0.05) is 46.0 Å². The van der Waals surface area contributed by atoms with Gasteiger partial charge in [0.05, 0.1) is 5.33 Å². The maximum atomic E-state index is 13.0. The molecule has 71 heavy (non-hydrogen) atoms. The first-order valence-electron chi connectivity index (χ1n) is 23.1. The number of rotatable bonds is 12. The molecule has 1 atom stereocenters. The third-order valence-electron chi connectivity index (χ3n) is 12.2. The van der Waals surface area contributed by atoms with Gasteiger partial charge in [0.2, 0.25) is 19.4 Å². The van der Waals surface area contributed by atoms with Gasteiger partial charge < -0.3 is 60.6 Å². The molecule has 0 saturated carbocycles. The van der Waals surface area contributed by atoms with E-state index >= 15 is 0 Å². The Bertz CT molecular complexity index is 2610. The number of hydrogen-bond acceptors (Lipinski definition) is 16. The topological polar surface area (TPSA) is 185 Å². The molecule has 5 aromatic rings. The van der Waals surface area contributed by atoms with E-state index in [0.29, 0.717) is 71.8 Å². The second-order valence-corrected chi connectivity index (χ2v) is 20.4. The third kappa shape index (κ3) is 15.2. The van der Waals surface area contributed by atoms with Crippen molar-refractivity contribution in [1.29, 1.82) is 0 Å². The number of halogens is 1. The van der Waals surface area contributed by atoms with Crippen LogP contribution in [0.4, 0.5) is 33.7 Å². The van der Waals surface area contributed by atoms with Crippen LogP contribution in [0.15, 0.2) is 89.9 Å². The molecular weight excluding hydrogens is 1040 g/mol. The number of aromatic nitrogens is 1. The summed E-state index contributed by atoms with van der Waals surface area (Å²) in [6.45, 7) is 6.75. The lowest BCUT2D eigenvalue weighted by Crippen LogP contribution is -2.41. The number of nitrogens with two attached hydrogens (primary N) is 2. The number of ketones is 2. The fourth-order valence-corrected chi connectivity index (χ4v) is 10.1. The molecule has 0 radical (unpaired) electrons. The van der Waals surface area contributed by atoms with Crippen molar-refractivity contribution in [2.45, 2.75) is 44.7 Å². The third-order valence-corrected chi connectivity index (χ3v) is 14.5. The molecule has 2 saturated heterocycles. The minimum absolute atomic E-state index is 0. The molecule has 2 fully saturated rings. The molecule has 0 spiro atoms. The van der Waals surface area contributed by atoms with E-state index < -0.39 is 0 Å².